The number of halogens is 2. The van der Waals surface area contributed by atoms with Crippen LogP contribution in [0.15, 0.2) is 0 Å². The Morgan fingerprint density at radius 3 is 1.28 bits per heavy atom. The van der Waals surface area contributed by atoms with Gasteiger partial charge in [0.25, 0.3) is 0 Å². The minimum Gasteiger partial charge on any atom is -0.328 e. The van der Waals surface area contributed by atoms with Crippen LogP contribution in [0.1, 0.15) is 65.2 Å². The molecule has 0 amide bonds. The van der Waals surface area contributed by atoms with Gasteiger partial charge in [0, 0.05) is 34.8 Å². The molecule has 2 rings (SSSR count). The van der Waals surface area contributed by atoms with Gasteiger partial charge < -0.3 is 17.2 Å². The molecule has 29 heavy (non-hydrogen) atoms. The van der Waals surface area contributed by atoms with Gasteiger partial charge in [-0.2, -0.15) is 0 Å². The lowest BCUT2D eigenvalue weighted by Gasteiger charge is -2.26. The molecule has 0 aromatic heterocycles. The lowest BCUT2D eigenvalue weighted by atomic mass is 9.93. The van der Waals surface area contributed by atoms with Gasteiger partial charge in [-0.3, -0.25) is 0 Å². The first-order valence-corrected chi connectivity index (χ1v) is 16.2. The normalized spacial score (nSPS) is 27.2. The fraction of sp³-hybridized carbons (Fsp3) is 1.00. The van der Waals surface area contributed by atoms with E-state index in [1.54, 1.807) is 6.92 Å². The Labute approximate surface area is 196 Å². The number of hydrogen-bond acceptors (Lipinski definition) is 7. The summed E-state index contributed by atoms with van der Waals surface area (Å²) < 4.78 is 44.6. The van der Waals surface area contributed by atoms with Crippen molar-refractivity contribution < 1.29 is 16.8 Å². The summed E-state index contributed by atoms with van der Waals surface area (Å²) in [7, 11) is -1.53. The summed E-state index contributed by atoms with van der Waals surface area (Å²) >= 11 is 2.15. The molecule has 0 saturated heterocycles. The van der Waals surface area contributed by atoms with E-state index in [-0.39, 0.29) is 23.6 Å². The van der Waals surface area contributed by atoms with Gasteiger partial charge in [0.1, 0.15) is 0 Å². The largest absolute Gasteiger partial charge is 0.328 e. The lowest BCUT2D eigenvalue weighted by Crippen LogP contribution is -2.40. The van der Waals surface area contributed by atoms with E-state index in [1.165, 1.54) is 6.92 Å². The average molecular weight is 591 g/mol. The van der Waals surface area contributed by atoms with Crippen LogP contribution in [0.4, 0.5) is 0 Å². The molecular formula is C17H40ClIN4O4S2. The molecule has 0 unspecified atom stereocenters. The van der Waals surface area contributed by atoms with Crippen molar-refractivity contribution in [1.29, 1.82) is 0 Å². The monoisotopic (exact) mass is 590 g/mol. The second-order valence-corrected chi connectivity index (χ2v) is 12.2. The highest BCUT2D eigenvalue weighted by atomic mass is 127. The maximum atomic E-state index is 11.2. The number of nitrogens with two attached hydrogens (primary N) is 3. The Kier molecular flexibility index (Phi) is 19.1. The number of rotatable bonds is 4. The molecule has 0 spiro atoms. The summed E-state index contributed by atoms with van der Waals surface area (Å²) in [6.45, 7) is 3.14. The Morgan fingerprint density at radius 1 is 0.759 bits per heavy atom. The second kappa shape index (κ2) is 17.3. The molecule has 2 aliphatic rings. The predicted octanol–water partition coefficient (Wildman–Crippen LogP) is 2.04. The first-order valence-electron chi connectivity index (χ1n) is 9.95. The molecule has 2 aliphatic carbocycles. The fourth-order valence-electron chi connectivity index (χ4n) is 2.72. The third-order valence-electron chi connectivity index (χ3n) is 4.66. The van der Waals surface area contributed by atoms with E-state index in [0.717, 1.165) is 51.4 Å². The zero-order valence-corrected chi connectivity index (χ0v) is 22.4. The Bertz CT molecular complexity index is 583. The number of nitrogens with one attached hydrogen (secondary N) is 1. The molecule has 8 nitrogen and oxygen atoms in total. The van der Waals surface area contributed by atoms with Crippen molar-refractivity contribution in [3.63, 3.8) is 0 Å². The summed E-state index contributed by atoms with van der Waals surface area (Å²) in [4.78, 5) is 1.97. The van der Waals surface area contributed by atoms with Crippen LogP contribution in [0.25, 0.3) is 0 Å². The highest BCUT2D eigenvalue weighted by Crippen LogP contribution is 2.17. The number of sulfonamides is 1. The molecule has 0 aliphatic heterocycles. The van der Waals surface area contributed by atoms with E-state index in [9.17, 15) is 16.8 Å². The van der Waals surface area contributed by atoms with Gasteiger partial charge in [-0.1, -0.05) is 29.5 Å². The van der Waals surface area contributed by atoms with E-state index in [1.807, 2.05) is 4.93 Å². The van der Waals surface area contributed by atoms with Crippen molar-refractivity contribution in [2.75, 3.05) is 16.4 Å². The van der Waals surface area contributed by atoms with E-state index in [2.05, 4.69) is 38.0 Å². The van der Waals surface area contributed by atoms with Gasteiger partial charge in [-0.25, -0.2) is 21.6 Å². The van der Waals surface area contributed by atoms with Crippen molar-refractivity contribution in [2.45, 2.75) is 89.4 Å². The molecule has 0 atom stereocenters. The average Bonchev–Trinajstić information content (AvgIpc) is 2.68. The smallest absolute Gasteiger partial charge is 0.232 e. The van der Waals surface area contributed by atoms with Crippen LogP contribution in [0.2, 0.25) is 0 Å². The van der Waals surface area contributed by atoms with Crippen LogP contribution in [0.5, 0.6) is 0 Å². The molecule has 178 valence electrons. The van der Waals surface area contributed by atoms with Crippen molar-refractivity contribution in [3.05, 3.63) is 0 Å². The van der Waals surface area contributed by atoms with Gasteiger partial charge >= 0.3 is 0 Å². The van der Waals surface area contributed by atoms with Crippen molar-refractivity contribution in [2.24, 2.45) is 17.2 Å². The van der Waals surface area contributed by atoms with Crippen molar-refractivity contribution in [1.82, 2.24) is 4.72 Å². The summed E-state index contributed by atoms with van der Waals surface area (Å²) in [5.74, 6) is 0.171. The second-order valence-electron chi connectivity index (χ2n) is 7.14. The van der Waals surface area contributed by atoms with Crippen LogP contribution >= 0.6 is 33.3 Å². The van der Waals surface area contributed by atoms with Gasteiger partial charge in [0.2, 0.25) is 19.1 Å². The van der Waals surface area contributed by atoms with Gasteiger partial charge in [-0.15, -0.1) is 0 Å². The van der Waals surface area contributed by atoms with Crippen LogP contribution < -0.4 is 21.9 Å². The summed E-state index contributed by atoms with van der Waals surface area (Å²) in [6, 6.07) is 1.26. The number of hydrogen-bond donors (Lipinski definition) is 4. The molecule has 7 N–H and O–H groups in total. The highest BCUT2D eigenvalue weighted by Gasteiger charge is 2.21. The Hall–Kier alpha value is 0.760. The molecule has 2 fully saturated rings. The maximum absolute atomic E-state index is 11.2. The zero-order valence-electron chi connectivity index (χ0n) is 17.8. The molecule has 0 heterocycles. The fourth-order valence-corrected chi connectivity index (χ4v) is 3.63. The summed E-state index contributed by atoms with van der Waals surface area (Å²) in [5, 5.41) is 0. The van der Waals surface area contributed by atoms with E-state index in [4.69, 9.17) is 17.2 Å². The molecule has 0 bridgehead atoms. The predicted molar refractivity (Wildman–Crippen MR) is 133 cm³/mol. The molecular weight excluding hydrogens is 551 g/mol. The molecule has 12 heteroatoms. The highest BCUT2D eigenvalue weighted by molar-refractivity contribution is 14.1. The molecule has 0 aromatic carbocycles. The Morgan fingerprint density at radius 2 is 1.03 bits per heavy atom. The van der Waals surface area contributed by atoms with Crippen molar-refractivity contribution in [3.8, 4) is 0 Å². The molecule has 0 radical (unpaired) electrons. The van der Waals surface area contributed by atoms with Crippen LogP contribution in [0.3, 0.4) is 0 Å². The van der Waals surface area contributed by atoms with E-state index < -0.39 is 19.1 Å². The maximum Gasteiger partial charge on any atom is 0.232 e. The first-order chi connectivity index (χ1) is 13.4. The zero-order chi connectivity index (χ0) is 23.1. The summed E-state index contributed by atoms with van der Waals surface area (Å²) in [5.41, 5.74) is 17.0. The molecule has 2 saturated carbocycles. The van der Waals surface area contributed by atoms with Crippen molar-refractivity contribution >= 4 is 52.3 Å². The summed E-state index contributed by atoms with van der Waals surface area (Å²) in [6.07, 6.45) is 8.11. The first kappa shape index (κ1) is 31.9. The lowest BCUT2D eigenvalue weighted by molar-refractivity contribution is 0.373. The minimum absolute atomic E-state index is 0.00849. The van der Waals surface area contributed by atoms with Crippen LogP contribution in [-0.4, -0.2) is 57.4 Å². The third kappa shape index (κ3) is 20.4. The number of alkyl halides is 1. The SMILES string of the molecule is CCS(=O)(=O)Cl.CCS(=O)(=O)NC1CCC(N)CC1.CI.NC1CCC(N)CC1. The van der Waals surface area contributed by atoms with Gasteiger partial charge in [-0.05, 0) is 63.2 Å². The standard InChI is InChI=1S/C8H18N2O2S.C6H14N2.C2H5ClO2S.CH3I/c1-2-13(11,12)10-8-5-3-7(9)4-6-8;7-5-1-2-6(8)4-3-5;1-2-6(3,4)5;1-2/h7-8,10H,2-6,9H2,1H3;5-6H,1-4,7-8H2;2H2,1H3;1H3. The third-order valence-corrected chi connectivity index (χ3v) is 7.46. The molecule has 0 aromatic rings. The van der Waals surface area contributed by atoms with Gasteiger partial charge in [0.15, 0.2) is 0 Å². The van der Waals surface area contributed by atoms with Gasteiger partial charge in [0.05, 0.1) is 11.5 Å². The van der Waals surface area contributed by atoms with Crippen LogP contribution in [-0.2, 0) is 19.1 Å². The van der Waals surface area contributed by atoms with Crippen LogP contribution in [0, 0.1) is 0 Å². The Balaban J connectivity index is 0. The van der Waals surface area contributed by atoms with E-state index >= 15 is 0 Å². The quantitative estimate of drug-likeness (QED) is 0.221. The van der Waals surface area contributed by atoms with E-state index in [0.29, 0.717) is 12.1 Å². The topological polar surface area (TPSA) is 158 Å². The minimum atomic E-state index is -3.19.